The molecule has 0 saturated heterocycles. The summed E-state index contributed by atoms with van der Waals surface area (Å²) in [4.78, 5) is 25.9. The lowest BCUT2D eigenvalue weighted by atomic mass is 10.0. The Hall–Kier alpha value is -4.12. The molecule has 0 aliphatic heterocycles. The maximum absolute atomic E-state index is 13.2. The first-order valence-corrected chi connectivity index (χ1v) is 11.4. The van der Waals surface area contributed by atoms with Crippen molar-refractivity contribution in [2.75, 3.05) is 5.32 Å². The van der Waals surface area contributed by atoms with E-state index in [-0.39, 0.29) is 17.1 Å². The van der Waals surface area contributed by atoms with Crippen LogP contribution in [-0.2, 0) is 17.4 Å². The van der Waals surface area contributed by atoms with Crippen molar-refractivity contribution in [1.29, 1.82) is 0 Å². The lowest BCUT2D eigenvalue weighted by molar-refractivity contribution is -0.137. The molecule has 3 aromatic carbocycles. The molecule has 184 valence electrons. The summed E-state index contributed by atoms with van der Waals surface area (Å²) < 4.78 is 52.4. The fourth-order valence-corrected chi connectivity index (χ4v) is 4.06. The van der Waals surface area contributed by atoms with Crippen molar-refractivity contribution in [1.82, 2.24) is 15.5 Å². The van der Waals surface area contributed by atoms with E-state index < -0.39 is 35.4 Å². The quantitative estimate of drug-likeness (QED) is 0.326. The number of anilines is 1. The van der Waals surface area contributed by atoms with Gasteiger partial charge >= 0.3 is 6.18 Å². The number of alkyl halides is 3. The summed E-state index contributed by atoms with van der Waals surface area (Å²) in [6.07, 6.45) is -4.53. The molecule has 1 unspecified atom stereocenters. The maximum atomic E-state index is 13.2. The van der Waals surface area contributed by atoms with Gasteiger partial charge in [0.2, 0.25) is 11.0 Å². The normalized spacial score (nSPS) is 12.1. The van der Waals surface area contributed by atoms with E-state index in [0.29, 0.717) is 10.6 Å². The summed E-state index contributed by atoms with van der Waals surface area (Å²) in [6, 6.07) is 17.3. The average molecular weight is 515 g/mol. The highest BCUT2D eigenvalue weighted by Crippen LogP contribution is 2.30. The van der Waals surface area contributed by atoms with Crippen LogP contribution in [0.3, 0.4) is 0 Å². The topological polar surface area (TPSA) is 84.0 Å². The van der Waals surface area contributed by atoms with Crippen LogP contribution in [0.1, 0.15) is 21.5 Å². The van der Waals surface area contributed by atoms with Crippen molar-refractivity contribution >= 4 is 28.3 Å². The van der Waals surface area contributed by atoms with Gasteiger partial charge in [-0.2, -0.15) is 13.2 Å². The minimum absolute atomic E-state index is 0.0843. The van der Waals surface area contributed by atoms with Gasteiger partial charge in [-0.3, -0.25) is 14.9 Å². The molecule has 1 heterocycles. The van der Waals surface area contributed by atoms with E-state index in [1.54, 1.807) is 30.3 Å². The fraction of sp³-hybridized carbons (Fsp3) is 0.120. The Morgan fingerprint density at radius 3 is 2.33 bits per heavy atom. The summed E-state index contributed by atoms with van der Waals surface area (Å²) in [6.45, 7) is 0. The Kier molecular flexibility index (Phi) is 7.39. The average Bonchev–Trinajstić information content (AvgIpc) is 3.32. The summed E-state index contributed by atoms with van der Waals surface area (Å²) in [5.74, 6) is -1.86. The van der Waals surface area contributed by atoms with E-state index >= 15 is 0 Å². The molecule has 4 aromatic rings. The number of amides is 2. The number of aromatic nitrogens is 2. The predicted molar refractivity (Wildman–Crippen MR) is 127 cm³/mol. The zero-order chi connectivity index (χ0) is 25.7. The van der Waals surface area contributed by atoms with Crippen molar-refractivity contribution in [2.24, 2.45) is 0 Å². The maximum Gasteiger partial charge on any atom is 0.416 e. The van der Waals surface area contributed by atoms with Gasteiger partial charge in [-0.25, -0.2) is 4.39 Å². The third-order valence-electron chi connectivity index (χ3n) is 5.10. The summed E-state index contributed by atoms with van der Waals surface area (Å²) in [5, 5.41) is 13.6. The van der Waals surface area contributed by atoms with Gasteiger partial charge in [0.05, 0.1) is 5.56 Å². The van der Waals surface area contributed by atoms with Crippen molar-refractivity contribution in [3.05, 3.63) is 101 Å². The molecular weight excluding hydrogens is 496 g/mol. The molecule has 0 bridgehead atoms. The number of rotatable bonds is 7. The highest BCUT2D eigenvalue weighted by molar-refractivity contribution is 7.18. The van der Waals surface area contributed by atoms with Crippen molar-refractivity contribution in [2.45, 2.75) is 18.6 Å². The third-order valence-corrected chi connectivity index (χ3v) is 5.99. The number of benzene rings is 3. The summed E-state index contributed by atoms with van der Waals surface area (Å²) in [7, 11) is 0. The van der Waals surface area contributed by atoms with Crippen molar-refractivity contribution < 1.29 is 27.2 Å². The first kappa shape index (κ1) is 25.0. The van der Waals surface area contributed by atoms with Gasteiger partial charge in [-0.15, -0.1) is 10.2 Å². The highest BCUT2D eigenvalue weighted by atomic mass is 32.1. The highest BCUT2D eigenvalue weighted by Gasteiger charge is 2.31. The zero-order valence-electron chi connectivity index (χ0n) is 18.4. The number of carbonyl (C=O) groups is 2. The monoisotopic (exact) mass is 514 g/mol. The van der Waals surface area contributed by atoms with E-state index in [4.69, 9.17) is 0 Å². The molecule has 0 fully saturated rings. The Morgan fingerprint density at radius 2 is 1.64 bits per heavy atom. The van der Waals surface area contributed by atoms with Crippen LogP contribution in [0, 0.1) is 5.82 Å². The number of halogens is 4. The molecule has 0 spiro atoms. The van der Waals surface area contributed by atoms with E-state index in [2.05, 4.69) is 20.8 Å². The predicted octanol–water partition coefficient (Wildman–Crippen LogP) is 5.34. The third kappa shape index (κ3) is 6.30. The number of hydrogen-bond donors (Lipinski definition) is 2. The number of carbonyl (C=O) groups excluding carboxylic acids is 2. The standard InChI is InChI=1S/C25H18F4N4O2S/c26-19-11-9-16(10-12-19)23-32-33-24(36-23)31-22(35)20(13-15-5-2-1-3-6-15)30-21(34)17-7-4-8-18(14-17)25(27,28)29/h1-12,14,20H,13H2,(H,30,34)(H,31,33,35). The molecular formula is C25H18F4N4O2S. The molecule has 4 rings (SSSR count). The molecule has 0 aliphatic rings. The Morgan fingerprint density at radius 1 is 0.917 bits per heavy atom. The molecule has 1 atom stereocenters. The van der Waals surface area contributed by atoms with Crippen LogP contribution in [0.4, 0.5) is 22.7 Å². The number of nitrogens with zero attached hydrogens (tertiary/aromatic N) is 2. The van der Waals surface area contributed by atoms with Crippen LogP contribution in [0.15, 0.2) is 78.9 Å². The Labute approximate surface area is 207 Å². The van der Waals surface area contributed by atoms with Crippen LogP contribution in [0.5, 0.6) is 0 Å². The number of hydrogen-bond acceptors (Lipinski definition) is 5. The molecule has 6 nitrogen and oxygen atoms in total. The van der Waals surface area contributed by atoms with E-state index in [9.17, 15) is 27.2 Å². The van der Waals surface area contributed by atoms with Gasteiger partial charge < -0.3 is 5.32 Å². The van der Waals surface area contributed by atoms with Gasteiger partial charge in [0.15, 0.2) is 0 Å². The molecule has 0 saturated carbocycles. The lowest BCUT2D eigenvalue weighted by Crippen LogP contribution is -2.45. The van der Waals surface area contributed by atoms with Gasteiger partial charge in [-0.05, 0) is 48.0 Å². The van der Waals surface area contributed by atoms with Crippen LogP contribution < -0.4 is 10.6 Å². The molecule has 2 N–H and O–H groups in total. The molecule has 11 heteroatoms. The Balaban J connectivity index is 1.53. The second-order valence-corrected chi connectivity index (χ2v) is 8.68. The molecule has 36 heavy (non-hydrogen) atoms. The first-order valence-electron chi connectivity index (χ1n) is 10.6. The minimum atomic E-state index is -4.61. The van der Waals surface area contributed by atoms with Gasteiger partial charge in [0.1, 0.15) is 16.9 Å². The van der Waals surface area contributed by atoms with E-state index in [1.165, 1.54) is 30.3 Å². The van der Waals surface area contributed by atoms with Gasteiger partial charge in [0, 0.05) is 17.5 Å². The summed E-state index contributed by atoms with van der Waals surface area (Å²) >= 11 is 1.05. The van der Waals surface area contributed by atoms with Crippen LogP contribution in [0.2, 0.25) is 0 Å². The second kappa shape index (κ2) is 10.6. The van der Waals surface area contributed by atoms with Gasteiger partial charge in [0.25, 0.3) is 5.91 Å². The van der Waals surface area contributed by atoms with E-state index in [0.717, 1.165) is 35.1 Å². The van der Waals surface area contributed by atoms with Gasteiger partial charge in [-0.1, -0.05) is 47.7 Å². The minimum Gasteiger partial charge on any atom is -0.340 e. The molecule has 1 aromatic heterocycles. The summed E-state index contributed by atoms with van der Waals surface area (Å²) in [5.41, 5.74) is 0.130. The van der Waals surface area contributed by atoms with Crippen molar-refractivity contribution in [3.63, 3.8) is 0 Å². The molecule has 0 radical (unpaired) electrons. The smallest absolute Gasteiger partial charge is 0.340 e. The molecule has 0 aliphatic carbocycles. The zero-order valence-corrected chi connectivity index (χ0v) is 19.2. The molecule has 2 amide bonds. The Bertz CT molecular complexity index is 1360. The van der Waals surface area contributed by atoms with Crippen LogP contribution in [-0.4, -0.2) is 28.1 Å². The first-order chi connectivity index (χ1) is 17.2. The fourth-order valence-electron chi connectivity index (χ4n) is 3.31. The van der Waals surface area contributed by atoms with Crippen molar-refractivity contribution in [3.8, 4) is 10.6 Å². The second-order valence-electron chi connectivity index (χ2n) is 7.70. The number of nitrogens with one attached hydrogen (secondary N) is 2. The van der Waals surface area contributed by atoms with Crippen LogP contribution >= 0.6 is 11.3 Å². The largest absolute Gasteiger partial charge is 0.416 e. The SMILES string of the molecule is O=C(NC(Cc1ccccc1)C(=O)Nc1nnc(-c2ccc(F)cc2)s1)c1cccc(C(F)(F)F)c1. The lowest BCUT2D eigenvalue weighted by Gasteiger charge is -2.18. The van der Waals surface area contributed by atoms with E-state index in [1.807, 2.05) is 0 Å². The van der Waals surface area contributed by atoms with Crippen LogP contribution in [0.25, 0.3) is 10.6 Å².